The summed E-state index contributed by atoms with van der Waals surface area (Å²) in [6.07, 6.45) is 3.70. The first kappa shape index (κ1) is 66.5. The number of benzene rings is 14. The molecule has 0 aliphatic carbocycles. The van der Waals surface area contributed by atoms with Crippen molar-refractivity contribution in [2.75, 3.05) is 14.5 Å². The van der Waals surface area contributed by atoms with E-state index < -0.39 is 0 Å². The Morgan fingerprint density at radius 1 is 0.278 bits per heavy atom. The van der Waals surface area contributed by atoms with E-state index in [-0.39, 0.29) is 20.4 Å². The summed E-state index contributed by atoms with van der Waals surface area (Å²) in [6, 6.07) is 136. The third-order valence-corrected chi connectivity index (χ3v) is 25.6. The largest absolute Gasteiger partial charge is 0.456 e. The van der Waals surface area contributed by atoms with Crippen LogP contribution in [0.4, 0.5) is 39.9 Å². The summed E-state index contributed by atoms with van der Waals surface area (Å²) in [5.41, 5.74) is 23.8. The molecule has 8 aromatic heterocycles. The fourth-order valence-electron chi connectivity index (χ4n) is 18.4. The van der Waals surface area contributed by atoms with Gasteiger partial charge in [-0.2, -0.15) is 0 Å². The summed E-state index contributed by atoms with van der Waals surface area (Å²) >= 11 is 3.86. The van der Waals surface area contributed by atoms with Gasteiger partial charge >= 0.3 is 13.7 Å². The second-order valence-corrected chi connectivity index (χ2v) is 31.6. The number of rotatable bonds is 8. The fraction of sp³-hybridized carbons (Fsp3) is 0. The molecule has 22 aromatic rings. The van der Waals surface area contributed by atoms with Gasteiger partial charge in [-0.05, 0) is 137 Å². The average molecular weight is 1510 g/mol. The average Bonchev–Trinajstić information content (AvgIpc) is 1.53. The highest BCUT2D eigenvalue weighted by Crippen LogP contribution is 2.54. The van der Waals surface area contributed by atoms with E-state index in [2.05, 4.69) is 380 Å². The molecule has 0 N–H and O–H groups in total. The first-order valence-corrected chi connectivity index (χ1v) is 40.6. The molecule has 0 saturated carbocycles. The van der Waals surface area contributed by atoms with Gasteiger partial charge in [-0.15, -0.1) is 22.7 Å². The van der Waals surface area contributed by atoms with E-state index in [0.29, 0.717) is 0 Å². The van der Waals surface area contributed by atoms with Crippen LogP contribution in [0, 0.1) is 0 Å². The molecule has 0 spiro atoms. The summed E-state index contributed by atoms with van der Waals surface area (Å²) < 4.78 is 26.9. The summed E-state index contributed by atoms with van der Waals surface area (Å²) in [4.78, 5) is 14.8. The summed E-state index contributed by atoms with van der Waals surface area (Å²) in [5, 5.41) is 9.35. The second-order valence-electron chi connectivity index (χ2n) is 29.5. The minimum Gasteiger partial charge on any atom is -0.456 e. The van der Waals surface area contributed by atoms with Crippen molar-refractivity contribution in [1.29, 1.82) is 0 Å². The zero-order chi connectivity index (χ0) is 75.6. The van der Waals surface area contributed by atoms with Gasteiger partial charge in [0.15, 0.2) is 11.5 Å². The highest BCUT2D eigenvalue weighted by Gasteiger charge is 2.47. The molecule has 0 radical (unpaired) electrons. The SMILES string of the molecule is c1ccc(B2c3c(n(-c4ccccc4)c4ccccc34)N(c3ccc4oc5ccncc5c4c3)c3c2n(-c2ccccc2)c2ccccc32)cc1.c1ccc(B2c3c(oc4ccccc34)-c3oc4ccccc4c3N2c2ccccc2)cc1.c1ccc(B2c3c(sc4ccccc34)-c3sc4ccccc4c3N2c2ccccc2)cc1. The van der Waals surface area contributed by atoms with E-state index in [1.54, 1.807) is 6.20 Å². The van der Waals surface area contributed by atoms with Crippen LogP contribution in [0.1, 0.15) is 0 Å². The van der Waals surface area contributed by atoms with Gasteiger partial charge in [-0.3, -0.25) is 14.5 Å². The van der Waals surface area contributed by atoms with Crippen LogP contribution >= 0.6 is 22.7 Å². The normalized spacial score (nSPS) is 12.8. The lowest BCUT2D eigenvalue weighted by molar-refractivity contribution is 0.570. The lowest BCUT2D eigenvalue weighted by atomic mass is 9.36. The smallest absolute Gasteiger partial charge is 0.332 e. The number of hydrogen-bond donors (Lipinski definition) is 0. The Hall–Kier alpha value is -14.3. The summed E-state index contributed by atoms with van der Waals surface area (Å²) in [7, 11) is 0. The van der Waals surface area contributed by atoms with Crippen LogP contribution in [0.2, 0.25) is 0 Å². The number of para-hydroxylation sites is 8. The Morgan fingerprint density at radius 2 is 0.730 bits per heavy atom. The van der Waals surface area contributed by atoms with Crippen molar-refractivity contribution >= 4 is 207 Å². The van der Waals surface area contributed by atoms with Gasteiger partial charge in [-0.25, -0.2) is 0 Å². The quantitative estimate of drug-likeness (QED) is 0.140. The Labute approximate surface area is 671 Å². The number of pyridine rings is 1. The zero-order valence-electron chi connectivity index (χ0n) is 62.0. The van der Waals surface area contributed by atoms with Gasteiger partial charge in [-0.1, -0.05) is 283 Å². The van der Waals surface area contributed by atoms with Crippen LogP contribution in [0.15, 0.2) is 408 Å². The van der Waals surface area contributed by atoms with Crippen molar-refractivity contribution in [2.24, 2.45) is 0 Å². The van der Waals surface area contributed by atoms with E-state index in [1.807, 2.05) is 59.2 Å². The van der Waals surface area contributed by atoms with Crippen LogP contribution in [-0.4, -0.2) is 34.5 Å². The Balaban J connectivity index is 0.000000107. The second kappa shape index (κ2) is 27.3. The Bertz CT molecular complexity index is 6980. The van der Waals surface area contributed by atoms with Gasteiger partial charge in [0.25, 0.3) is 6.71 Å². The predicted molar refractivity (Wildman–Crippen MR) is 485 cm³/mol. The molecule has 0 bridgehead atoms. The maximum absolute atomic E-state index is 6.46. The van der Waals surface area contributed by atoms with Crippen molar-refractivity contribution in [2.45, 2.75) is 0 Å². The van der Waals surface area contributed by atoms with Crippen molar-refractivity contribution in [1.82, 2.24) is 14.1 Å². The molecule has 25 rings (SSSR count). The lowest BCUT2D eigenvalue weighted by Crippen LogP contribution is -2.59. The Kier molecular flexibility index (Phi) is 15.8. The number of hydrogen-bond acceptors (Lipinski definition) is 9. The standard InChI is InChI=1S/C45H29BN4O.C28H18BNO2.C28H18BNS2/c1-4-14-30(15-5-1)46-42-34-20-10-12-22-38(34)49(32-18-8-3-9-19-32)45(42)50(33-24-25-40-36(28-33)37-29-47-27-26-41(37)51-40)43-35-21-11-13-23-39(35)48(44(43)46)31-16-6-2-7-17-31;2*1-3-11-19(12-4-1)29-25-21-15-7-9-17-23(21)31-27(25)28-26(22-16-8-10-18-24(22)32-28)30(29)20-13-5-2-6-14-20/h1-29H;2*1-18H. The van der Waals surface area contributed by atoms with Crippen LogP contribution in [0.3, 0.4) is 0 Å². The highest BCUT2D eigenvalue weighted by atomic mass is 32.1. The first-order chi connectivity index (χ1) is 57.1. The molecule has 9 nitrogen and oxygen atoms in total. The molecule has 11 heterocycles. The minimum atomic E-state index is -0.0717. The molecule has 538 valence electrons. The van der Waals surface area contributed by atoms with Crippen molar-refractivity contribution in [3.63, 3.8) is 0 Å². The number of furan rings is 3. The van der Waals surface area contributed by atoms with Gasteiger partial charge in [0.1, 0.15) is 28.1 Å². The van der Waals surface area contributed by atoms with Crippen LogP contribution in [0.25, 0.3) is 119 Å². The van der Waals surface area contributed by atoms with Crippen LogP contribution in [-0.2, 0) is 0 Å². The molecule has 0 amide bonds. The van der Waals surface area contributed by atoms with E-state index in [0.717, 1.165) is 95.1 Å². The molecular weight excluding hydrogens is 1440 g/mol. The van der Waals surface area contributed by atoms with Crippen LogP contribution in [0.5, 0.6) is 0 Å². The number of nitrogens with zero attached hydrogens (tertiary/aromatic N) is 6. The summed E-state index contributed by atoms with van der Waals surface area (Å²) in [5.74, 6) is 2.73. The molecule has 14 aromatic carbocycles. The maximum Gasteiger partial charge on any atom is 0.332 e. The van der Waals surface area contributed by atoms with Crippen molar-refractivity contribution < 1.29 is 13.3 Å². The molecule has 14 heteroatoms. The maximum atomic E-state index is 6.46. The zero-order valence-corrected chi connectivity index (χ0v) is 63.6. The summed E-state index contributed by atoms with van der Waals surface area (Å²) in [6.45, 7) is -0.00128. The number of thiophene rings is 2. The third-order valence-electron chi connectivity index (χ3n) is 23.1. The molecule has 0 atom stereocenters. The predicted octanol–water partition coefficient (Wildman–Crippen LogP) is 22.3. The van der Waals surface area contributed by atoms with Gasteiger partial charge in [0.2, 0.25) is 0 Å². The number of aromatic nitrogens is 3. The lowest BCUT2D eigenvalue weighted by Gasteiger charge is -2.36. The monoisotopic (exact) mass is 1510 g/mol. The number of anilines is 7. The van der Waals surface area contributed by atoms with Crippen molar-refractivity contribution in [3.8, 4) is 32.6 Å². The molecular formula is C101H65B3N6O3S2. The fourth-order valence-corrected chi connectivity index (χ4v) is 21.0. The molecule has 3 aliphatic rings. The molecule has 0 fully saturated rings. The van der Waals surface area contributed by atoms with Crippen molar-refractivity contribution in [3.05, 3.63) is 395 Å². The van der Waals surface area contributed by atoms with Crippen LogP contribution < -0.4 is 52.9 Å². The molecule has 0 saturated heterocycles. The van der Waals surface area contributed by atoms with Gasteiger partial charge < -0.3 is 27.4 Å². The van der Waals surface area contributed by atoms with E-state index in [9.17, 15) is 0 Å². The topological polar surface area (TPSA) is 71.9 Å². The van der Waals surface area contributed by atoms with E-state index in [4.69, 9.17) is 13.3 Å². The highest BCUT2D eigenvalue weighted by molar-refractivity contribution is 7.31. The molecule has 3 aliphatic heterocycles. The Morgan fingerprint density at radius 3 is 1.37 bits per heavy atom. The minimum absolute atomic E-state index is 0.0502. The first-order valence-electron chi connectivity index (χ1n) is 39.0. The van der Waals surface area contributed by atoms with Gasteiger partial charge in [0.05, 0.1) is 33.0 Å². The van der Waals surface area contributed by atoms with E-state index >= 15 is 0 Å². The van der Waals surface area contributed by atoms with E-state index in [1.165, 1.54) is 102 Å². The van der Waals surface area contributed by atoms with Gasteiger partial charge in [0, 0.05) is 98.5 Å². The molecule has 115 heavy (non-hydrogen) atoms. The third kappa shape index (κ3) is 10.6. The number of fused-ring (bicyclic) bond motifs is 23. The molecule has 0 unspecified atom stereocenters.